The number of hydrogen-bond donors (Lipinski definition) is 1. The summed E-state index contributed by atoms with van der Waals surface area (Å²) in [5, 5.41) is 22.0. The summed E-state index contributed by atoms with van der Waals surface area (Å²) in [6, 6.07) is 14.7. The number of likely N-dealkylation sites (tertiary alicyclic amines) is 2. The van der Waals surface area contributed by atoms with Crippen LogP contribution in [0.15, 0.2) is 48.7 Å². The third kappa shape index (κ3) is 6.39. The Hall–Kier alpha value is -2.84. The summed E-state index contributed by atoms with van der Waals surface area (Å²) in [5.41, 5.74) is 3.46. The van der Waals surface area contributed by atoms with E-state index >= 15 is 0 Å². The number of tetrazole rings is 1. The molecule has 0 bridgehead atoms. The van der Waals surface area contributed by atoms with Gasteiger partial charge in [-0.25, -0.2) is 4.52 Å². The van der Waals surface area contributed by atoms with Crippen molar-refractivity contribution >= 4 is 11.6 Å². The van der Waals surface area contributed by atoms with Crippen molar-refractivity contribution < 1.29 is 9.90 Å². The molecule has 40 heavy (non-hydrogen) atoms. The highest BCUT2D eigenvalue weighted by Gasteiger charge is 2.43. The summed E-state index contributed by atoms with van der Waals surface area (Å²) < 4.78 is 1.76. The van der Waals surface area contributed by atoms with E-state index in [0.29, 0.717) is 17.8 Å². The standard InChI is InChI=1S/C32H44N6O2/c39-32(40)31(27-12-5-2-6-13-27)37-22-28(29(23-37)26-10-3-1-4-11-26)21-36-18-16-24(17-19-36)8-7-9-25-14-15-30-33-34-35-38(30)20-25/h1,3-4,10-11,14-15,20,24,27-29,31H,2,5-9,12-13,16-19,21-23H2,(H,39,40)/t28-,29+,31+/m0/s1. The number of aromatic nitrogens is 4. The number of carbonyl (C=O) groups is 1. The molecule has 8 nitrogen and oxygen atoms in total. The van der Waals surface area contributed by atoms with Crippen molar-refractivity contribution in [2.45, 2.75) is 76.2 Å². The van der Waals surface area contributed by atoms with Gasteiger partial charge in [-0.3, -0.25) is 9.69 Å². The van der Waals surface area contributed by atoms with E-state index in [9.17, 15) is 9.90 Å². The van der Waals surface area contributed by atoms with Crippen LogP contribution in [0.25, 0.3) is 5.65 Å². The van der Waals surface area contributed by atoms with Crippen LogP contribution in [0.3, 0.4) is 0 Å². The molecule has 1 aliphatic carbocycles. The number of carboxylic acids is 1. The molecule has 2 aromatic heterocycles. The van der Waals surface area contributed by atoms with E-state index in [1.54, 1.807) is 4.52 Å². The van der Waals surface area contributed by atoms with Gasteiger partial charge in [0.2, 0.25) is 0 Å². The number of pyridine rings is 1. The second-order valence-electron chi connectivity index (χ2n) is 12.6. The number of nitrogens with zero attached hydrogens (tertiary/aromatic N) is 6. The van der Waals surface area contributed by atoms with Gasteiger partial charge in [-0.05, 0) is 97.0 Å². The molecule has 1 aromatic carbocycles. The topological polar surface area (TPSA) is 86.9 Å². The zero-order valence-electron chi connectivity index (χ0n) is 23.7. The fourth-order valence-corrected chi connectivity index (χ4v) is 7.82. The molecule has 214 valence electrons. The molecule has 6 rings (SSSR count). The van der Waals surface area contributed by atoms with Crippen molar-refractivity contribution in [1.82, 2.24) is 29.8 Å². The van der Waals surface area contributed by atoms with Gasteiger partial charge in [0, 0.05) is 31.7 Å². The summed E-state index contributed by atoms with van der Waals surface area (Å²) in [4.78, 5) is 17.5. The number of aryl methyl sites for hydroxylation is 1. The van der Waals surface area contributed by atoms with Crippen molar-refractivity contribution in [3.63, 3.8) is 0 Å². The van der Waals surface area contributed by atoms with Crippen molar-refractivity contribution in [2.75, 3.05) is 32.7 Å². The van der Waals surface area contributed by atoms with Crippen LogP contribution in [-0.2, 0) is 11.2 Å². The number of fused-ring (bicyclic) bond motifs is 1. The first-order chi connectivity index (χ1) is 19.6. The maximum absolute atomic E-state index is 12.5. The molecule has 4 heterocycles. The van der Waals surface area contributed by atoms with Crippen molar-refractivity contribution in [2.24, 2.45) is 17.8 Å². The molecular weight excluding hydrogens is 500 g/mol. The Labute approximate surface area is 237 Å². The Kier molecular flexibility index (Phi) is 8.73. The first-order valence-corrected chi connectivity index (χ1v) is 15.5. The van der Waals surface area contributed by atoms with Gasteiger partial charge in [0.15, 0.2) is 5.65 Å². The van der Waals surface area contributed by atoms with Crippen molar-refractivity contribution in [1.29, 1.82) is 0 Å². The zero-order valence-corrected chi connectivity index (χ0v) is 23.7. The smallest absolute Gasteiger partial charge is 0.321 e. The second kappa shape index (κ2) is 12.8. The van der Waals surface area contributed by atoms with Gasteiger partial charge >= 0.3 is 5.97 Å². The largest absolute Gasteiger partial charge is 0.480 e. The molecule has 0 spiro atoms. The summed E-state index contributed by atoms with van der Waals surface area (Å²) in [6.45, 7) is 5.16. The van der Waals surface area contributed by atoms with Crippen LogP contribution < -0.4 is 0 Å². The van der Waals surface area contributed by atoms with Gasteiger partial charge in [0.1, 0.15) is 6.04 Å². The second-order valence-corrected chi connectivity index (χ2v) is 12.6. The molecule has 0 radical (unpaired) electrons. The Bertz CT molecular complexity index is 1230. The molecule has 3 aromatic rings. The van der Waals surface area contributed by atoms with E-state index < -0.39 is 5.97 Å². The molecule has 1 saturated carbocycles. The van der Waals surface area contributed by atoms with E-state index in [4.69, 9.17) is 0 Å². The molecule has 3 atom stereocenters. The third-order valence-electron chi connectivity index (χ3n) is 9.97. The average Bonchev–Trinajstić information content (AvgIpc) is 3.62. The first-order valence-electron chi connectivity index (χ1n) is 15.5. The van der Waals surface area contributed by atoms with E-state index in [1.807, 2.05) is 6.07 Å². The van der Waals surface area contributed by atoms with Gasteiger partial charge in [-0.1, -0.05) is 62.1 Å². The van der Waals surface area contributed by atoms with Gasteiger partial charge in [-0.2, -0.15) is 0 Å². The molecular formula is C32H44N6O2. The molecule has 2 aliphatic heterocycles. The minimum atomic E-state index is -0.613. The molecule has 2 saturated heterocycles. The highest BCUT2D eigenvalue weighted by Crippen LogP contribution is 2.38. The summed E-state index contributed by atoms with van der Waals surface area (Å²) in [5.74, 6) is 1.36. The fraction of sp³-hybridized carbons (Fsp3) is 0.625. The zero-order chi connectivity index (χ0) is 27.3. The summed E-state index contributed by atoms with van der Waals surface area (Å²) in [6.07, 6.45) is 13.8. The minimum Gasteiger partial charge on any atom is -0.480 e. The van der Waals surface area contributed by atoms with Crippen molar-refractivity contribution in [3.8, 4) is 0 Å². The molecule has 3 aliphatic rings. The fourth-order valence-electron chi connectivity index (χ4n) is 7.82. The highest BCUT2D eigenvalue weighted by atomic mass is 16.4. The predicted molar refractivity (Wildman–Crippen MR) is 155 cm³/mol. The lowest BCUT2D eigenvalue weighted by Crippen LogP contribution is -2.46. The minimum absolute atomic E-state index is 0.298. The molecule has 3 fully saturated rings. The van der Waals surface area contributed by atoms with E-state index in [0.717, 1.165) is 63.6 Å². The van der Waals surface area contributed by atoms with Gasteiger partial charge in [-0.15, -0.1) is 5.10 Å². The van der Waals surface area contributed by atoms with Crippen molar-refractivity contribution in [3.05, 3.63) is 59.8 Å². The van der Waals surface area contributed by atoms with Crippen LogP contribution in [0.4, 0.5) is 0 Å². The Morgan fingerprint density at radius 3 is 2.55 bits per heavy atom. The van der Waals surface area contributed by atoms with Crippen LogP contribution in [0, 0.1) is 17.8 Å². The number of rotatable bonds is 10. The molecule has 8 heteroatoms. The summed E-state index contributed by atoms with van der Waals surface area (Å²) >= 11 is 0. The monoisotopic (exact) mass is 544 g/mol. The Balaban J connectivity index is 1.03. The van der Waals surface area contributed by atoms with Crippen LogP contribution in [0.1, 0.15) is 74.8 Å². The van der Waals surface area contributed by atoms with E-state index in [-0.39, 0.29) is 6.04 Å². The highest BCUT2D eigenvalue weighted by molar-refractivity contribution is 5.74. The quantitative estimate of drug-likeness (QED) is 0.388. The SMILES string of the molecule is O=C(O)[C@@H](C1CCCCC1)N1C[C@H](CN2CCC(CCCc3ccc4nnnn4c3)CC2)[C@@H](c2ccccc2)C1. The molecule has 0 unspecified atom stereocenters. The third-order valence-corrected chi connectivity index (χ3v) is 9.97. The number of aliphatic carboxylic acids is 1. The van der Waals surface area contributed by atoms with Crippen LogP contribution >= 0.6 is 0 Å². The average molecular weight is 545 g/mol. The lowest BCUT2D eigenvalue weighted by Gasteiger charge is -2.35. The van der Waals surface area contributed by atoms with E-state index in [1.165, 1.54) is 56.1 Å². The number of hydrogen-bond acceptors (Lipinski definition) is 6. The molecule has 1 N–H and O–H groups in total. The lowest BCUT2D eigenvalue weighted by atomic mass is 9.83. The number of piperidine rings is 1. The Morgan fingerprint density at radius 2 is 1.77 bits per heavy atom. The lowest BCUT2D eigenvalue weighted by molar-refractivity contribution is -0.145. The van der Waals surface area contributed by atoms with Gasteiger partial charge in [0.25, 0.3) is 0 Å². The van der Waals surface area contributed by atoms with Crippen LogP contribution in [-0.4, -0.2) is 79.7 Å². The Morgan fingerprint density at radius 1 is 0.975 bits per heavy atom. The van der Waals surface area contributed by atoms with Crippen LogP contribution in [0.2, 0.25) is 0 Å². The van der Waals surface area contributed by atoms with Crippen LogP contribution in [0.5, 0.6) is 0 Å². The number of benzene rings is 1. The van der Waals surface area contributed by atoms with Gasteiger partial charge in [0.05, 0.1) is 0 Å². The van der Waals surface area contributed by atoms with E-state index in [2.05, 4.69) is 67.9 Å². The maximum Gasteiger partial charge on any atom is 0.321 e. The molecule has 0 amide bonds. The maximum atomic E-state index is 12.5. The normalized spacial score (nSPS) is 24.5. The predicted octanol–water partition coefficient (Wildman–Crippen LogP) is 4.91. The number of carboxylic acid groups (broad SMARTS) is 1. The summed E-state index contributed by atoms with van der Waals surface area (Å²) in [7, 11) is 0. The van der Waals surface area contributed by atoms with Gasteiger partial charge < -0.3 is 10.0 Å². The first kappa shape index (κ1) is 27.3.